The molecule has 2 rings (SSSR count). The van der Waals surface area contributed by atoms with Crippen LogP contribution in [0.3, 0.4) is 0 Å². The van der Waals surface area contributed by atoms with E-state index in [1.165, 1.54) is 0 Å². The summed E-state index contributed by atoms with van der Waals surface area (Å²) in [7, 11) is 0. The number of nitrogens with zero attached hydrogens (tertiary/aromatic N) is 1. The van der Waals surface area contributed by atoms with Crippen LogP contribution in [-0.4, -0.2) is 42.4 Å². The van der Waals surface area contributed by atoms with E-state index in [0.717, 1.165) is 49.7 Å². The van der Waals surface area contributed by atoms with E-state index in [0.29, 0.717) is 6.61 Å². The summed E-state index contributed by atoms with van der Waals surface area (Å²) in [5, 5.41) is 10.3. The van der Waals surface area contributed by atoms with Crippen molar-refractivity contribution in [1.29, 1.82) is 0 Å². The van der Waals surface area contributed by atoms with Gasteiger partial charge in [-0.3, -0.25) is 0 Å². The molecule has 0 saturated carbocycles. The molecule has 1 aromatic rings. The van der Waals surface area contributed by atoms with Crippen LogP contribution in [0.2, 0.25) is 5.02 Å². The maximum absolute atomic E-state index is 9.55. The Morgan fingerprint density at radius 3 is 2.83 bits per heavy atom. The van der Waals surface area contributed by atoms with Crippen molar-refractivity contribution in [3.05, 3.63) is 29.3 Å². The van der Waals surface area contributed by atoms with Crippen LogP contribution < -0.4 is 4.74 Å². The summed E-state index contributed by atoms with van der Waals surface area (Å²) in [6.07, 6.45) is 2.88. The van der Waals surface area contributed by atoms with Crippen molar-refractivity contribution in [3.63, 3.8) is 0 Å². The molecule has 0 bridgehead atoms. The summed E-state index contributed by atoms with van der Waals surface area (Å²) in [6.45, 7) is 3.60. The van der Waals surface area contributed by atoms with E-state index in [2.05, 4.69) is 4.90 Å². The summed E-state index contributed by atoms with van der Waals surface area (Å²) in [6, 6.07) is 7.43. The van der Waals surface area contributed by atoms with Crippen LogP contribution in [0.25, 0.3) is 0 Å². The molecular formula is C14H20ClNO2. The smallest absolute Gasteiger partial charge is 0.119 e. The topological polar surface area (TPSA) is 32.7 Å². The van der Waals surface area contributed by atoms with Gasteiger partial charge in [-0.1, -0.05) is 11.6 Å². The van der Waals surface area contributed by atoms with Gasteiger partial charge in [0.2, 0.25) is 0 Å². The molecule has 0 aliphatic carbocycles. The maximum Gasteiger partial charge on any atom is 0.119 e. The predicted molar refractivity (Wildman–Crippen MR) is 73.2 cm³/mol. The molecule has 1 saturated heterocycles. The first-order valence-corrected chi connectivity index (χ1v) is 6.90. The summed E-state index contributed by atoms with van der Waals surface area (Å²) in [5.41, 5.74) is 0. The van der Waals surface area contributed by atoms with Gasteiger partial charge in [0, 0.05) is 18.1 Å². The lowest BCUT2D eigenvalue weighted by Crippen LogP contribution is -2.39. The summed E-state index contributed by atoms with van der Waals surface area (Å²) < 4.78 is 5.63. The van der Waals surface area contributed by atoms with Gasteiger partial charge in [-0.05, 0) is 50.1 Å². The van der Waals surface area contributed by atoms with Crippen LogP contribution in [-0.2, 0) is 0 Å². The lowest BCUT2D eigenvalue weighted by molar-refractivity contribution is 0.0679. The fourth-order valence-corrected chi connectivity index (χ4v) is 2.37. The molecule has 100 valence electrons. The number of hydrogen-bond donors (Lipinski definition) is 1. The third kappa shape index (κ3) is 4.48. The first-order chi connectivity index (χ1) is 8.74. The Labute approximate surface area is 113 Å². The van der Waals surface area contributed by atoms with Crippen molar-refractivity contribution < 1.29 is 9.84 Å². The normalized spacial score (nSPS) is 20.9. The van der Waals surface area contributed by atoms with Crippen molar-refractivity contribution in [1.82, 2.24) is 4.90 Å². The van der Waals surface area contributed by atoms with Crippen LogP contribution in [0, 0.1) is 0 Å². The zero-order valence-corrected chi connectivity index (χ0v) is 11.3. The Balaban J connectivity index is 1.62. The second kappa shape index (κ2) is 6.98. The summed E-state index contributed by atoms with van der Waals surface area (Å²) in [4.78, 5) is 2.30. The van der Waals surface area contributed by atoms with Gasteiger partial charge >= 0.3 is 0 Å². The van der Waals surface area contributed by atoms with Gasteiger partial charge in [-0.25, -0.2) is 0 Å². The van der Waals surface area contributed by atoms with Gasteiger partial charge in [0.1, 0.15) is 5.75 Å². The number of benzene rings is 1. The van der Waals surface area contributed by atoms with E-state index in [4.69, 9.17) is 16.3 Å². The molecule has 3 nitrogen and oxygen atoms in total. The molecule has 0 radical (unpaired) electrons. The number of hydrogen-bond acceptors (Lipinski definition) is 3. The molecule has 1 fully saturated rings. The third-order valence-electron chi connectivity index (χ3n) is 3.18. The number of piperidine rings is 1. The van der Waals surface area contributed by atoms with Crippen LogP contribution in [0.5, 0.6) is 5.75 Å². The average Bonchev–Trinajstić information content (AvgIpc) is 2.37. The van der Waals surface area contributed by atoms with Gasteiger partial charge < -0.3 is 14.7 Å². The van der Waals surface area contributed by atoms with Crippen LogP contribution >= 0.6 is 11.6 Å². The van der Waals surface area contributed by atoms with Gasteiger partial charge in [0.25, 0.3) is 0 Å². The number of halogens is 1. The zero-order chi connectivity index (χ0) is 12.8. The number of ether oxygens (including phenoxy) is 1. The maximum atomic E-state index is 9.55. The molecule has 0 spiro atoms. The lowest BCUT2D eigenvalue weighted by atomic mass is 10.1. The molecule has 0 amide bonds. The quantitative estimate of drug-likeness (QED) is 0.834. The SMILES string of the molecule is OC1CCCN(CCCOc2ccc(Cl)cc2)C1. The van der Waals surface area contributed by atoms with Crippen LogP contribution in [0.4, 0.5) is 0 Å². The number of aliphatic hydroxyl groups excluding tert-OH is 1. The van der Waals surface area contributed by atoms with Crippen LogP contribution in [0.1, 0.15) is 19.3 Å². The van der Waals surface area contributed by atoms with Gasteiger partial charge in [-0.15, -0.1) is 0 Å². The molecule has 1 atom stereocenters. The molecule has 1 aliphatic rings. The van der Waals surface area contributed by atoms with Gasteiger partial charge in [-0.2, -0.15) is 0 Å². The molecule has 0 aromatic heterocycles. The number of rotatable bonds is 5. The lowest BCUT2D eigenvalue weighted by Gasteiger charge is -2.29. The molecular weight excluding hydrogens is 250 g/mol. The Kier molecular flexibility index (Phi) is 5.29. The predicted octanol–water partition coefficient (Wildman–Crippen LogP) is 2.57. The first-order valence-electron chi connectivity index (χ1n) is 6.53. The largest absolute Gasteiger partial charge is 0.494 e. The van der Waals surface area contributed by atoms with Gasteiger partial charge in [0.05, 0.1) is 12.7 Å². The summed E-state index contributed by atoms with van der Waals surface area (Å²) in [5.74, 6) is 0.859. The molecule has 1 aromatic carbocycles. The van der Waals surface area contributed by atoms with E-state index < -0.39 is 0 Å². The molecule has 4 heteroatoms. The standard InChI is InChI=1S/C14H20ClNO2/c15-12-4-6-14(7-5-12)18-10-2-9-16-8-1-3-13(17)11-16/h4-7,13,17H,1-3,8-11H2. The van der Waals surface area contributed by atoms with Gasteiger partial charge in [0.15, 0.2) is 0 Å². The first kappa shape index (κ1) is 13.7. The number of β-amino-alcohol motifs (C(OH)–C–C–N with tert-alkyl or cyclic N) is 1. The monoisotopic (exact) mass is 269 g/mol. The van der Waals surface area contributed by atoms with E-state index >= 15 is 0 Å². The minimum absolute atomic E-state index is 0.143. The third-order valence-corrected chi connectivity index (χ3v) is 3.43. The highest BCUT2D eigenvalue weighted by atomic mass is 35.5. The molecule has 1 aliphatic heterocycles. The molecule has 18 heavy (non-hydrogen) atoms. The Bertz CT molecular complexity index is 355. The van der Waals surface area contributed by atoms with Crippen molar-refractivity contribution in [2.24, 2.45) is 0 Å². The Hall–Kier alpha value is -0.770. The molecule has 1 heterocycles. The zero-order valence-electron chi connectivity index (χ0n) is 10.5. The molecule has 1 unspecified atom stereocenters. The highest BCUT2D eigenvalue weighted by molar-refractivity contribution is 6.30. The van der Waals surface area contributed by atoms with Crippen LogP contribution in [0.15, 0.2) is 24.3 Å². The van der Waals surface area contributed by atoms with E-state index in [1.54, 1.807) is 0 Å². The van der Waals surface area contributed by atoms with Crippen molar-refractivity contribution >= 4 is 11.6 Å². The molecule has 1 N–H and O–H groups in total. The summed E-state index contributed by atoms with van der Waals surface area (Å²) >= 11 is 5.80. The number of aliphatic hydroxyl groups is 1. The number of likely N-dealkylation sites (tertiary alicyclic amines) is 1. The average molecular weight is 270 g/mol. The van der Waals surface area contributed by atoms with Crippen molar-refractivity contribution in [3.8, 4) is 5.75 Å². The van der Waals surface area contributed by atoms with Crippen molar-refractivity contribution in [2.45, 2.75) is 25.4 Å². The second-order valence-electron chi connectivity index (χ2n) is 4.75. The minimum atomic E-state index is -0.143. The van der Waals surface area contributed by atoms with E-state index in [9.17, 15) is 5.11 Å². The highest BCUT2D eigenvalue weighted by Crippen LogP contribution is 2.16. The van der Waals surface area contributed by atoms with E-state index in [-0.39, 0.29) is 6.10 Å². The van der Waals surface area contributed by atoms with E-state index in [1.807, 2.05) is 24.3 Å². The fraction of sp³-hybridized carbons (Fsp3) is 0.571. The fourth-order valence-electron chi connectivity index (χ4n) is 2.24. The second-order valence-corrected chi connectivity index (χ2v) is 5.19. The van der Waals surface area contributed by atoms with Crippen molar-refractivity contribution in [2.75, 3.05) is 26.2 Å². The Morgan fingerprint density at radius 2 is 2.11 bits per heavy atom. The minimum Gasteiger partial charge on any atom is -0.494 e. The highest BCUT2D eigenvalue weighted by Gasteiger charge is 2.16. The Morgan fingerprint density at radius 1 is 1.33 bits per heavy atom.